The topological polar surface area (TPSA) is 67.2 Å². The summed E-state index contributed by atoms with van der Waals surface area (Å²) in [5.41, 5.74) is 5.74. The number of aryl methyl sites for hydroxylation is 1. The Kier molecular flexibility index (Phi) is 5.35. The number of unbranched alkanes of at least 4 members (excludes halogenated alkanes) is 1. The summed E-state index contributed by atoms with van der Waals surface area (Å²) in [6, 6.07) is 15.1. The average Bonchev–Trinajstić information content (AvgIpc) is 2.54. The largest absolute Gasteiger partial charge is 0.323 e. The Balaban J connectivity index is 2.05. The highest BCUT2D eigenvalue weighted by Gasteiger charge is 2.10. The van der Waals surface area contributed by atoms with Gasteiger partial charge in [0.15, 0.2) is 0 Å². The highest BCUT2D eigenvalue weighted by molar-refractivity contribution is 6.07. The van der Waals surface area contributed by atoms with Crippen LogP contribution in [-0.4, -0.2) is 5.91 Å². The van der Waals surface area contributed by atoms with Crippen molar-refractivity contribution < 1.29 is 4.79 Å². The van der Waals surface area contributed by atoms with Crippen molar-refractivity contribution in [1.82, 2.24) is 0 Å². The van der Waals surface area contributed by atoms with Gasteiger partial charge in [0.05, 0.1) is 11.3 Å². The molecule has 0 unspecified atom stereocenters. The zero-order valence-electron chi connectivity index (χ0n) is 12.2. The number of para-hydroxylation sites is 1. The summed E-state index contributed by atoms with van der Waals surface area (Å²) in [4.78, 5) is 12.2. The molecule has 0 heterocycles. The molecule has 0 aromatic heterocycles. The molecule has 0 aliphatic heterocycles. The van der Waals surface area contributed by atoms with E-state index in [9.17, 15) is 4.79 Å². The fourth-order valence-corrected chi connectivity index (χ4v) is 2.14. The van der Waals surface area contributed by atoms with Gasteiger partial charge in [-0.25, -0.2) is 0 Å². The van der Waals surface area contributed by atoms with Crippen LogP contribution in [0.1, 0.15) is 35.7 Å². The van der Waals surface area contributed by atoms with Gasteiger partial charge in [-0.3, -0.25) is 10.6 Å². The van der Waals surface area contributed by atoms with Gasteiger partial charge in [0.25, 0.3) is 5.91 Å². The molecular weight excluding hydrogens is 262 g/mol. The first kappa shape index (κ1) is 15.1. The van der Waals surface area contributed by atoms with Crippen LogP contribution in [0.15, 0.2) is 48.5 Å². The van der Waals surface area contributed by atoms with E-state index >= 15 is 0 Å². The molecule has 0 aliphatic rings. The number of hydrogen-bond donors (Lipinski definition) is 3. The van der Waals surface area contributed by atoms with E-state index in [-0.39, 0.29) is 5.91 Å². The number of nitrogen functional groups attached to an aromatic ring is 1. The molecule has 0 fully saturated rings. The maximum Gasteiger partial charge on any atom is 0.257 e. The molecule has 0 bridgehead atoms. The lowest BCUT2D eigenvalue weighted by Crippen LogP contribution is -2.17. The van der Waals surface area contributed by atoms with E-state index in [4.69, 9.17) is 5.84 Å². The van der Waals surface area contributed by atoms with Crippen LogP contribution < -0.4 is 16.6 Å². The van der Waals surface area contributed by atoms with E-state index in [2.05, 4.69) is 29.8 Å². The van der Waals surface area contributed by atoms with Crippen LogP contribution in [0.4, 0.5) is 11.4 Å². The molecule has 4 N–H and O–H groups in total. The number of rotatable bonds is 6. The lowest BCUT2D eigenvalue weighted by molar-refractivity contribution is 0.102. The van der Waals surface area contributed by atoms with Crippen LogP contribution in [0.25, 0.3) is 0 Å². The van der Waals surface area contributed by atoms with Crippen LogP contribution in [-0.2, 0) is 6.42 Å². The van der Waals surface area contributed by atoms with E-state index in [1.165, 1.54) is 18.4 Å². The third-order valence-electron chi connectivity index (χ3n) is 3.36. The summed E-state index contributed by atoms with van der Waals surface area (Å²) in [5, 5.41) is 2.88. The van der Waals surface area contributed by atoms with Crippen molar-refractivity contribution in [2.45, 2.75) is 26.2 Å². The summed E-state index contributed by atoms with van der Waals surface area (Å²) in [6.45, 7) is 2.18. The second-order valence-corrected chi connectivity index (χ2v) is 4.94. The van der Waals surface area contributed by atoms with Crippen molar-refractivity contribution in [1.29, 1.82) is 0 Å². The lowest BCUT2D eigenvalue weighted by atomic mass is 10.1. The average molecular weight is 283 g/mol. The van der Waals surface area contributed by atoms with Crippen LogP contribution in [0.5, 0.6) is 0 Å². The first-order valence-electron chi connectivity index (χ1n) is 7.20. The molecule has 2 aromatic carbocycles. The highest BCUT2D eigenvalue weighted by atomic mass is 16.1. The molecule has 0 aliphatic carbocycles. The van der Waals surface area contributed by atoms with Crippen LogP contribution in [0.2, 0.25) is 0 Å². The number of benzene rings is 2. The maximum absolute atomic E-state index is 12.2. The van der Waals surface area contributed by atoms with Gasteiger partial charge in [-0.05, 0) is 42.7 Å². The number of hydrogen-bond acceptors (Lipinski definition) is 3. The van der Waals surface area contributed by atoms with E-state index in [1.807, 2.05) is 24.3 Å². The minimum Gasteiger partial charge on any atom is -0.323 e. The van der Waals surface area contributed by atoms with Crippen molar-refractivity contribution in [3.05, 3.63) is 59.7 Å². The Morgan fingerprint density at radius 3 is 2.48 bits per heavy atom. The quantitative estimate of drug-likeness (QED) is 0.561. The molecule has 1 amide bonds. The molecule has 21 heavy (non-hydrogen) atoms. The molecule has 2 aromatic rings. The first-order valence-corrected chi connectivity index (χ1v) is 7.20. The number of carbonyl (C=O) groups excluding carboxylic acids is 1. The first-order chi connectivity index (χ1) is 10.2. The number of nitrogens with one attached hydrogen (secondary N) is 2. The van der Waals surface area contributed by atoms with Gasteiger partial charge in [0, 0.05) is 5.69 Å². The molecule has 0 saturated heterocycles. The standard InChI is InChI=1S/C17H21N3O/c1-2-3-6-13-9-11-14(12-10-13)19-17(21)15-7-4-5-8-16(15)20-18/h4-5,7-12,20H,2-3,6,18H2,1H3,(H,19,21). The second kappa shape index (κ2) is 7.45. The van der Waals surface area contributed by atoms with Gasteiger partial charge in [0.1, 0.15) is 0 Å². The van der Waals surface area contributed by atoms with Crippen molar-refractivity contribution in [2.75, 3.05) is 10.7 Å². The Labute approximate surface area is 125 Å². The van der Waals surface area contributed by atoms with Crippen LogP contribution in [0.3, 0.4) is 0 Å². The normalized spacial score (nSPS) is 10.2. The molecule has 2 rings (SSSR count). The summed E-state index contributed by atoms with van der Waals surface area (Å²) in [5.74, 6) is 5.24. The summed E-state index contributed by atoms with van der Waals surface area (Å²) >= 11 is 0. The Morgan fingerprint density at radius 2 is 1.81 bits per heavy atom. The van der Waals surface area contributed by atoms with Gasteiger partial charge < -0.3 is 10.7 Å². The van der Waals surface area contributed by atoms with Gasteiger partial charge in [0.2, 0.25) is 0 Å². The minimum atomic E-state index is -0.176. The fraction of sp³-hybridized carbons (Fsp3) is 0.235. The molecule has 0 saturated carbocycles. The molecular formula is C17H21N3O. The highest BCUT2D eigenvalue weighted by Crippen LogP contribution is 2.17. The van der Waals surface area contributed by atoms with Gasteiger partial charge in [-0.2, -0.15) is 0 Å². The predicted octanol–water partition coefficient (Wildman–Crippen LogP) is 3.57. The number of nitrogens with two attached hydrogens (primary N) is 1. The van der Waals surface area contributed by atoms with E-state index in [1.54, 1.807) is 12.1 Å². The number of anilines is 2. The van der Waals surface area contributed by atoms with Crippen molar-refractivity contribution >= 4 is 17.3 Å². The molecule has 4 heteroatoms. The van der Waals surface area contributed by atoms with Crippen LogP contribution >= 0.6 is 0 Å². The van der Waals surface area contributed by atoms with Crippen LogP contribution in [0, 0.1) is 0 Å². The van der Waals surface area contributed by atoms with Gasteiger partial charge >= 0.3 is 0 Å². The van der Waals surface area contributed by atoms with E-state index < -0.39 is 0 Å². The minimum absolute atomic E-state index is 0.176. The molecule has 0 atom stereocenters. The monoisotopic (exact) mass is 283 g/mol. The summed E-state index contributed by atoms with van der Waals surface area (Å²) in [7, 11) is 0. The van der Waals surface area contributed by atoms with Gasteiger partial charge in [-0.15, -0.1) is 0 Å². The zero-order valence-corrected chi connectivity index (χ0v) is 12.2. The molecule has 0 spiro atoms. The Morgan fingerprint density at radius 1 is 1.10 bits per heavy atom. The van der Waals surface area contributed by atoms with E-state index in [0.717, 1.165) is 12.1 Å². The number of amides is 1. The fourth-order valence-electron chi connectivity index (χ4n) is 2.14. The molecule has 0 radical (unpaired) electrons. The maximum atomic E-state index is 12.2. The lowest BCUT2D eigenvalue weighted by Gasteiger charge is -2.10. The van der Waals surface area contributed by atoms with Crippen molar-refractivity contribution in [3.8, 4) is 0 Å². The Bertz CT molecular complexity index is 593. The predicted molar refractivity (Wildman–Crippen MR) is 87.3 cm³/mol. The van der Waals surface area contributed by atoms with Gasteiger partial charge in [-0.1, -0.05) is 37.6 Å². The molecule has 110 valence electrons. The third kappa shape index (κ3) is 4.07. The third-order valence-corrected chi connectivity index (χ3v) is 3.36. The van der Waals surface area contributed by atoms with Crippen molar-refractivity contribution in [2.24, 2.45) is 5.84 Å². The summed E-state index contributed by atoms with van der Waals surface area (Å²) < 4.78 is 0. The Hall–Kier alpha value is -2.33. The SMILES string of the molecule is CCCCc1ccc(NC(=O)c2ccccc2NN)cc1. The molecule has 4 nitrogen and oxygen atoms in total. The number of hydrazine groups is 1. The van der Waals surface area contributed by atoms with E-state index in [0.29, 0.717) is 11.3 Å². The smallest absolute Gasteiger partial charge is 0.257 e. The summed E-state index contributed by atoms with van der Waals surface area (Å²) in [6.07, 6.45) is 3.44. The zero-order chi connectivity index (χ0) is 15.1. The second-order valence-electron chi connectivity index (χ2n) is 4.94. The number of carbonyl (C=O) groups is 1. The van der Waals surface area contributed by atoms with Crippen molar-refractivity contribution in [3.63, 3.8) is 0 Å².